The Bertz CT molecular complexity index is 194. The molecule has 0 saturated carbocycles. The van der Waals surface area contributed by atoms with Crippen LogP contribution in [0.25, 0.3) is 0 Å². The Hall–Kier alpha value is -0.120. The van der Waals surface area contributed by atoms with Crippen molar-refractivity contribution in [2.45, 2.75) is 52.0 Å². The van der Waals surface area contributed by atoms with Crippen molar-refractivity contribution in [3.05, 3.63) is 0 Å². The summed E-state index contributed by atoms with van der Waals surface area (Å²) in [5.41, 5.74) is 0.614. The number of hydrogen-bond acceptors (Lipinski definition) is 3. The maximum atomic E-state index is 9.00. The van der Waals surface area contributed by atoms with Crippen LogP contribution < -0.4 is 5.32 Å². The minimum Gasteiger partial charge on any atom is -0.396 e. The summed E-state index contributed by atoms with van der Waals surface area (Å²) in [5.74, 6) is 0. The Kier molecular flexibility index (Phi) is 6.45. The fourth-order valence-corrected chi connectivity index (χ4v) is 2.96. The van der Waals surface area contributed by atoms with Gasteiger partial charge in [-0.2, -0.15) is 0 Å². The molecule has 102 valence electrons. The number of likely N-dealkylation sites (tertiary alicyclic amines) is 1. The van der Waals surface area contributed by atoms with E-state index in [1.807, 2.05) is 7.05 Å². The van der Waals surface area contributed by atoms with Gasteiger partial charge in [-0.1, -0.05) is 26.7 Å². The number of likely N-dealkylation sites (N-methyl/N-ethyl adjacent to an activating group) is 1. The van der Waals surface area contributed by atoms with Gasteiger partial charge >= 0.3 is 0 Å². The topological polar surface area (TPSA) is 35.5 Å². The van der Waals surface area contributed by atoms with E-state index in [0.717, 1.165) is 13.0 Å². The summed E-state index contributed by atoms with van der Waals surface area (Å²) in [6.07, 6.45) is 6.19. The molecule has 0 spiro atoms. The predicted molar refractivity (Wildman–Crippen MR) is 73.2 cm³/mol. The van der Waals surface area contributed by atoms with Crippen molar-refractivity contribution in [1.82, 2.24) is 10.2 Å². The molecule has 0 aliphatic carbocycles. The lowest BCUT2D eigenvalue weighted by molar-refractivity contribution is 0.0863. The lowest BCUT2D eigenvalue weighted by Gasteiger charge is -2.42. The lowest BCUT2D eigenvalue weighted by Crippen LogP contribution is -2.46. The van der Waals surface area contributed by atoms with Crippen molar-refractivity contribution in [2.75, 3.05) is 33.3 Å². The van der Waals surface area contributed by atoms with Crippen molar-refractivity contribution >= 4 is 0 Å². The number of piperidine rings is 1. The first-order valence-electron chi connectivity index (χ1n) is 7.20. The van der Waals surface area contributed by atoms with Crippen molar-refractivity contribution in [3.8, 4) is 0 Å². The molecule has 0 aromatic rings. The molecule has 0 radical (unpaired) electrons. The average molecular weight is 242 g/mol. The molecule has 1 saturated heterocycles. The number of nitrogens with one attached hydrogen (secondary N) is 1. The number of rotatable bonds is 7. The Labute approximate surface area is 107 Å². The molecule has 17 heavy (non-hydrogen) atoms. The van der Waals surface area contributed by atoms with Crippen LogP contribution in [-0.4, -0.2) is 49.3 Å². The smallest absolute Gasteiger partial charge is 0.0446 e. The van der Waals surface area contributed by atoms with Gasteiger partial charge < -0.3 is 15.3 Å². The quantitative estimate of drug-likeness (QED) is 0.715. The highest BCUT2D eigenvalue weighted by Gasteiger charge is 2.31. The molecule has 0 bridgehead atoms. The minimum absolute atomic E-state index is 0.285. The van der Waals surface area contributed by atoms with Gasteiger partial charge in [-0.3, -0.25) is 0 Å². The first-order valence-corrected chi connectivity index (χ1v) is 7.20. The number of hydrogen-bond donors (Lipinski definition) is 2. The highest BCUT2D eigenvalue weighted by atomic mass is 16.3. The van der Waals surface area contributed by atoms with Gasteiger partial charge in [0, 0.05) is 19.2 Å². The Morgan fingerprint density at radius 3 is 2.24 bits per heavy atom. The van der Waals surface area contributed by atoms with E-state index in [4.69, 9.17) is 5.11 Å². The first kappa shape index (κ1) is 14.9. The summed E-state index contributed by atoms with van der Waals surface area (Å²) in [7, 11) is 1.99. The van der Waals surface area contributed by atoms with E-state index in [2.05, 4.69) is 24.1 Å². The molecule has 0 aromatic heterocycles. The van der Waals surface area contributed by atoms with Gasteiger partial charge in [0.25, 0.3) is 0 Å². The zero-order chi connectivity index (χ0) is 12.7. The van der Waals surface area contributed by atoms with Gasteiger partial charge in [0.05, 0.1) is 0 Å². The first-order chi connectivity index (χ1) is 8.19. The molecule has 3 heteroatoms. The molecule has 1 aliphatic heterocycles. The monoisotopic (exact) mass is 242 g/mol. The molecule has 1 atom stereocenters. The third kappa shape index (κ3) is 4.23. The van der Waals surface area contributed by atoms with Gasteiger partial charge in [0.2, 0.25) is 0 Å². The van der Waals surface area contributed by atoms with Gasteiger partial charge in [-0.25, -0.2) is 0 Å². The summed E-state index contributed by atoms with van der Waals surface area (Å²) in [4.78, 5) is 2.56. The van der Waals surface area contributed by atoms with Crippen LogP contribution in [0.1, 0.15) is 46.0 Å². The fraction of sp³-hybridized carbons (Fsp3) is 1.00. The maximum absolute atomic E-state index is 9.00. The zero-order valence-corrected chi connectivity index (χ0v) is 11.8. The second kappa shape index (κ2) is 7.34. The standard InChI is InChI=1S/C14H30N2O/c1-4-14(5-2)7-9-16(10-8-14)12-13(15-3)6-11-17/h13,15,17H,4-12H2,1-3H3. The van der Waals surface area contributed by atoms with Gasteiger partial charge in [-0.15, -0.1) is 0 Å². The highest BCUT2D eigenvalue weighted by molar-refractivity contribution is 4.85. The van der Waals surface area contributed by atoms with Crippen LogP contribution in [0.2, 0.25) is 0 Å². The molecule has 1 aliphatic rings. The van der Waals surface area contributed by atoms with Crippen LogP contribution in [0, 0.1) is 5.41 Å². The van der Waals surface area contributed by atoms with E-state index in [1.165, 1.54) is 38.8 Å². The number of aliphatic hydroxyl groups excluding tert-OH is 1. The van der Waals surface area contributed by atoms with Crippen molar-refractivity contribution < 1.29 is 5.11 Å². The SMILES string of the molecule is CCC1(CC)CCN(CC(CCO)NC)CC1. The Morgan fingerprint density at radius 2 is 1.82 bits per heavy atom. The summed E-state index contributed by atoms with van der Waals surface area (Å²) >= 11 is 0. The van der Waals surface area contributed by atoms with Gasteiger partial charge in [0.15, 0.2) is 0 Å². The molecule has 1 heterocycles. The highest BCUT2D eigenvalue weighted by Crippen LogP contribution is 2.37. The normalized spacial score (nSPS) is 22.6. The average Bonchev–Trinajstić information content (AvgIpc) is 2.39. The lowest BCUT2D eigenvalue weighted by atomic mass is 9.74. The van der Waals surface area contributed by atoms with E-state index < -0.39 is 0 Å². The maximum Gasteiger partial charge on any atom is 0.0446 e. The summed E-state index contributed by atoms with van der Waals surface area (Å²) in [5, 5.41) is 12.3. The van der Waals surface area contributed by atoms with Gasteiger partial charge in [-0.05, 0) is 44.8 Å². The summed E-state index contributed by atoms with van der Waals surface area (Å²) < 4.78 is 0. The zero-order valence-electron chi connectivity index (χ0n) is 11.8. The van der Waals surface area contributed by atoms with Crippen molar-refractivity contribution in [1.29, 1.82) is 0 Å². The van der Waals surface area contributed by atoms with Crippen molar-refractivity contribution in [2.24, 2.45) is 5.41 Å². The molecule has 3 nitrogen and oxygen atoms in total. The van der Waals surface area contributed by atoms with Crippen LogP contribution in [0.3, 0.4) is 0 Å². The fourth-order valence-electron chi connectivity index (χ4n) is 2.96. The second-order valence-corrected chi connectivity index (χ2v) is 5.51. The molecular formula is C14H30N2O. The Balaban J connectivity index is 2.35. The third-order valence-corrected chi connectivity index (χ3v) is 4.78. The number of nitrogens with zero attached hydrogens (tertiary/aromatic N) is 1. The number of aliphatic hydroxyl groups is 1. The van der Waals surface area contributed by atoms with Crippen LogP contribution in [0.4, 0.5) is 0 Å². The molecule has 0 amide bonds. The molecule has 1 unspecified atom stereocenters. The van der Waals surface area contributed by atoms with E-state index in [9.17, 15) is 0 Å². The molecule has 1 fully saturated rings. The third-order valence-electron chi connectivity index (χ3n) is 4.78. The van der Waals surface area contributed by atoms with Crippen LogP contribution in [0.15, 0.2) is 0 Å². The molecule has 1 rings (SSSR count). The molecular weight excluding hydrogens is 212 g/mol. The predicted octanol–water partition coefficient (Wildman–Crippen LogP) is 1.86. The van der Waals surface area contributed by atoms with Crippen LogP contribution in [0.5, 0.6) is 0 Å². The van der Waals surface area contributed by atoms with Crippen molar-refractivity contribution in [3.63, 3.8) is 0 Å². The summed E-state index contributed by atoms with van der Waals surface area (Å²) in [6, 6.07) is 0.441. The second-order valence-electron chi connectivity index (χ2n) is 5.51. The summed E-state index contributed by atoms with van der Waals surface area (Å²) in [6.45, 7) is 8.49. The molecule has 0 aromatic carbocycles. The van der Waals surface area contributed by atoms with E-state index in [0.29, 0.717) is 11.5 Å². The minimum atomic E-state index is 0.285. The largest absolute Gasteiger partial charge is 0.396 e. The van der Waals surface area contributed by atoms with Crippen LogP contribution in [-0.2, 0) is 0 Å². The molecule has 2 N–H and O–H groups in total. The van der Waals surface area contributed by atoms with E-state index >= 15 is 0 Å². The van der Waals surface area contributed by atoms with E-state index in [1.54, 1.807) is 0 Å². The van der Waals surface area contributed by atoms with Crippen LogP contribution >= 0.6 is 0 Å². The Morgan fingerprint density at radius 1 is 1.24 bits per heavy atom. The van der Waals surface area contributed by atoms with E-state index in [-0.39, 0.29) is 6.61 Å². The van der Waals surface area contributed by atoms with Gasteiger partial charge in [0.1, 0.15) is 0 Å².